The second-order valence-corrected chi connectivity index (χ2v) is 5.85. The average Bonchev–Trinajstić information content (AvgIpc) is 2.34. The van der Waals surface area contributed by atoms with E-state index in [1.165, 1.54) is 38.5 Å². The lowest BCUT2D eigenvalue weighted by atomic mass is 10.0. The van der Waals surface area contributed by atoms with Gasteiger partial charge in [0.1, 0.15) is 0 Å². The van der Waals surface area contributed by atoms with Crippen LogP contribution in [-0.4, -0.2) is 11.1 Å². The highest BCUT2D eigenvalue weighted by Gasteiger charge is 1.95. The summed E-state index contributed by atoms with van der Waals surface area (Å²) in [7, 11) is 0. The highest BCUT2D eigenvalue weighted by molar-refractivity contribution is 5.66. The lowest BCUT2D eigenvalue weighted by molar-refractivity contribution is -0.137. The minimum atomic E-state index is -0.673. The molecule has 0 aromatic heterocycles. The molecule has 2 heteroatoms. The van der Waals surface area contributed by atoms with Gasteiger partial charge in [0.15, 0.2) is 0 Å². The van der Waals surface area contributed by atoms with Crippen molar-refractivity contribution in [2.24, 2.45) is 5.92 Å². The Balaban J connectivity index is 3.11. The van der Waals surface area contributed by atoms with Gasteiger partial charge in [-0.25, -0.2) is 0 Å². The number of carbonyl (C=O) groups is 1. The predicted molar refractivity (Wildman–Crippen MR) is 82.4 cm³/mol. The number of rotatable bonds is 13. The Hall–Kier alpha value is -0.790. The van der Waals surface area contributed by atoms with Gasteiger partial charge in [-0.15, -0.1) is 0 Å². The summed E-state index contributed by atoms with van der Waals surface area (Å²) in [6, 6.07) is 0. The summed E-state index contributed by atoms with van der Waals surface area (Å²) in [4.78, 5) is 10.3. The largest absolute Gasteiger partial charge is 0.481 e. The van der Waals surface area contributed by atoms with Gasteiger partial charge in [0.2, 0.25) is 0 Å². The molecule has 0 fully saturated rings. The summed E-state index contributed by atoms with van der Waals surface area (Å²) in [5.41, 5.74) is 0. The second kappa shape index (κ2) is 13.6. The number of carboxylic acids is 1. The maximum absolute atomic E-state index is 10.3. The zero-order valence-corrected chi connectivity index (χ0v) is 12.9. The third-order valence-electron chi connectivity index (χ3n) is 3.33. The molecule has 0 aliphatic rings. The van der Waals surface area contributed by atoms with E-state index in [-0.39, 0.29) is 0 Å². The summed E-state index contributed by atoms with van der Waals surface area (Å²) in [5.74, 6) is 0.175. The monoisotopic (exact) mass is 268 g/mol. The first-order valence-corrected chi connectivity index (χ1v) is 7.99. The van der Waals surface area contributed by atoms with Crippen molar-refractivity contribution < 1.29 is 9.90 Å². The third kappa shape index (κ3) is 17.2. The van der Waals surface area contributed by atoms with E-state index in [1.807, 2.05) is 0 Å². The minimum absolute atomic E-state index is 0.320. The molecule has 0 aliphatic carbocycles. The molecule has 1 N–H and O–H groups in total. The van der Waals surface area contributed by atoms with Gasteiger partial charge in [-0.1, -0.05) is 58.1 Å². The molecule has 0 aromatic rings. The van der Waals surface area contributed by atoms with Gasteiger partial charge in [-0.2, -0.15) is 0 Å². The van der Waals surface area contributed by atoms with Crippen LogP contribution in [0.4, 0.5) is 0 Å². The quantitative estimate of drug-likeness (QED) is 0.350. The van der Waals surface area contributed by atoms with Gasteiger partial charge in [0.25, 0.3) is 0 Å². The van der Waals surface area contributed by atoms with E-state index in [4.69, 9.17) is 5.11 Å². The van der Waals surface area contributed by atoms with Crippen molar-refractivity contribution in [3.8, 4) is 0 Å². The fourth-order valence-electron chi connectivity index (χ4n) is 2.12. The van der Waals surface area contributed by atoms with Crippen LogP contribution >= 0.6 is 0 Å². The Labute approximate surface area is 119 Å². The molecule has 0 saturated heterocycles. The minimum Gasteiger partial charge on any atom is -0.481 e. The van der Waals surface area contributed by atoms with Gasteiger partial charge in [-0.05, 0) is 38.0 Å². The Kier molecular flexibility index (Phi) is 13.1. The van der Waals surface area contributed by atoms with Crippen molar-refractivity contribution in [1.82, 2.24) is 0 Å². The first-order chi connectivity index (χ1) is 9.13. The highest BCUT2D eigenvalue weighted by atomic mass is 16.4. The van der Waals surface area contributed by atoms with Crippen molar-refractivity contribution in [3.05, 3.63) is 12.2 Å². The first-order valence-electron chi connectivity index (χ1n) is 7.99. The van der Waals surface area contributed by atoms with Gasteiger partial charge >= 0.3 is 5.97 Å². The van der Waals surface area contributed by atoms with E-state index in [9.17, 15) is 4.79 Å². The van der Waals surface area contributed by atoms with Gasteiger partial charge in [0, 0.05) is 6.42 Å². The molecule has 0 amide bonds. The Morgan fingerprint density at radius 1 is 0.895 bits per heavy atom. The van der Waals surface area contributed by atoms with Crippen LogP contribution in [0.1, 0.15) is 84.5 Å². The molecule has 0 spiro atoms. The summed E-state index contributed by atoms with van der Waals surface area (Å²) >= 11 is 0. The molecular weight excluding hydrogens is 236 g/mol. The summed E-state index contributed by atoms with van der Waals surface area (Å²) in [5, 5.41) is 8.49. The van der Waals surface area contributed by atoms with E-state index < -0.39 is 5.97 Å². The van der Waals surface area contributed by atoms with E-state index in [0.29, 0.717) is 6.42 Å². The van der Waals surface area contributed by atoms with Crippen LogP contribution < -0.4 is 0 Å². The summed E-state index contributed by atoms with van der Waals surface area (Å²) in [6.45, 7) is 4.58. The van der Waals surface area contributed by atoms with Crippen LogP contribution in [0.3, 0.4) is 0 Å². The molecule has 0 rings (SSSR count). The van der Waals surface area contributed by atoms with Crippen LogP contribution in [0.5, 0.6) is 0 Å². The predicted octanol–water partition coefficient (Wildman–Crippen LogP) is 5.57. The van der Waals surface area contributed by atoms with Crippen LogP contribution in [0, 0.1) is 5.92 Å². The first kappa shape index (κ1) is 18.2. The topological polar surface area (TPSA) is 37.3 Å². The van der Waals surface area contributed by atoms with Crippen LogP contribution in [0.2, 0.25) is 0 Å². The SMILES string of the molecule is CC(C)CCCCCCC=CCCCCCC(=O)O. The van der Waals surface area contributed by atoms with Crippen molar-refractivity contribution >= 4 is 5.97 Å². The van der Waals surface area contributed by atoms with Gasteiger partial charge in [0.05, 0.1) is 0 Å². The second-order valence-electron chi connectivity index (χ2n) is 5.85. The summed E-state index contributed by atoms with van der Waals surface area (Å²) in [6.07, 6.45) is 16.9. The number of hydrogen-bond acceptors (Lipinski definition) is 1. The number of aliphatic carboxylic acids is 1. The maximum atomic E-state index is 10.3. The van der Waals surface area contributed by atoms with E-state index in [2.05, 4.69) is 26.0 Å². The van der Waals surface area contributed by atoms with Crippen LogP contribution in [0.15, 0.2) is 12.2 Å². The molecule has 0 unspecified atom stereocenters. The Bertz CT molecular complexity index is 231. The smallest absolute Gasteiger partial charge is 0.303 e. The molecule has 2 nitrogen and oxygen atoms in total. The Morgan fingerprint density at radius 3 is 1.95 bits per heavy atom. The molecular formula is C17H32O2. The zero-order chi connectivity index (χ0) is 14.3. The molecule has 19 heavy (non-hydrogen) atoms. The van der Waals surface area contributed by atoms with Crippen molar-refractivity contribution in [1.29, 1.82) is 0 Å². The Morgan fingerprint density at radius 2 is 1.42 bits per heavy atom. The maximum Gasteiger partial charge on any atom is 0.303 e. The van der Waals surface area contributed by atoms with E-state index in [1.54, 1.807) is 0 Å². The average molecular weight is 268 g/mol. The fourth-order valence-corrected chi connectivity index (χ4v) is 2.12. The number of carboxylic acid groups (broad SMARTS) is 1. The van der Waals surface area contributed by atoms with Gasteiger partial charge < -0.3 is 5.11 Å². The molecule has 0 radical (unpaired) electrons. The summed E-state index contributed by atoms with van der Waals surface area (Å²) < 4.78 is 0. The molecule has 0 aromatic carbocycles. The van der Waals surface area contributed by atoms with Gasteiger partial charge in [-0.3, -0.25) is 4.79 Å². The lowest BCUT2D eigenvalue weighted by Crippen LogP contribution is -1.93. The lowest BCUT2D eigenvalue weighted by Gasteiger charge is -2.03. The van der Waals surface area contributed by atoms with Crippen molar-refractivity contribution in [2.45, 2.75) is 84.5 Å². The number of unbranched alkanes of at least 4 members (excludes halogenated alkanes) is 7. The molecule has 112 valence electrons. The fraction of sp³-hybridized carbons (Fsp3) is 0.824. The molecule has 0 saturated carbocycles. The number of hydrogen-bond donors (Lipinski definition) is 1. The highest BCUT2D eigenvalue weighted by Crippen LogP contribution is 2.11. The molecule has 0 bridgehead atoms. The normalized spacial score (nSPS) is 11.5. The van der Waals surface area contributed by atoms with Crippen molar-refractivity contribution in [3.63, 3.8) is 0 Å². The van der Waals surface area contributed by atoms with E-state index in [0.717, 1.165) is 31.6 Å². The van der Waals surface area contributed by atoms with Crippen LogP contribution in [-0.2, 0) is 4.79 Å². The molecule has 0 atom stereocenters. The third-order valence-corrected chi connectivity index (χ3v) is 3.33. The zero-order valence-electron chi connectivity index (χ0n) is 12.9. The van der Waals surface area contributed by atoms with Crippen LogP contribution in [0.25, 0.3) is 0 Å². The van der Waals surface area contributed by atoms with E-state index >= 15 is 0 Å². The standard InChI is InChI=1S/C17H32O2/c1-16(2)14-12-10-8-6-4-3-5-7-9-11-13-15-17(18)19/h3,5,16H,4,6-15H2,1-2H3,(H,18,19). The number of allylic oxidation sites excluding steroid dienone is 2. The molecule has 0 aliphatic heterocycles. The molecule has 0 heterocycles. The van der Waals surface area contributed by atoms with Crippen molar-refractivity contribution in [2.75, 3.05) is 0 Å².